The molecule has 21 nitrogen and oxygen atoms in total. The zero-order valence-corrected chi connectivity index (χ0v) is 22.1. The third-order valence-electron chi connectivity index (χ3n) is 5.34. The highest BCUT2D eigenvalue weighted by Crippen LogP contribution is 2.57. The number of phosphoric ester groups is 1. The Balaban J connectivity index is 0.000000319. The fourth-order valence-electron chi connectivity index (χ4n) is 3.54. The standard InChI is InChI=1S/C9H14N2O12P2.C8H15NO6/c12-5-1-2-11(9(15)10-5)8-7(14)6(13)4(22-8)3-21-25(19,20)23-24(16,17)18;1-3(11)9-5-7(13)6(12)4(2-10)15-8(5)14/h1-2,4,6-8,13-14H,3H2,(H,19,20)(H,10,12,15)(H2,16,17,18);4-8,10,12-14H,2H2,1H3,(H,9,11)/t4-,6-,7-,8-;4-,5-,6-,7-,8?/m11/s1. The quantitative estimate of drug-likeness (QED) is 0.120. The molecule has 0 spiro atoms. The zero-order chi connectivity index (χ0) is 30.6. The number of carbonyl (C=O) groups excluding carboxylic acids is 1. The van der Waals surface area contributed by atoms with Crippen LogP contribution in [-0.2, 0) is 32.2 Å². The second kappa shape index (κ2) is 13.8. The van der Waals surface area contributed by atoms with Crippen molar-refractivity contribution in [1.82, 2.24) is 14.9 Å². The van der Waals surface area contributed by atoms with E-state index in [2.05, 4.69) is 14.2 Å². The fourth-order valence-corrected chi connectivity index (χ4v) is 5.14. The van der Waals surface area contributed by atoms with E-state index in [1.807, 2.05) is 4.98 Å². The summed E-state index contributed by atoms with van der Waals surface area (Å²) in [6, 6.07) is -0.135. The summed E-state index contributed by atoms with van der Waals surface area (Å²) in [5.41, 5.74) is -1.65. The number of phosphoric acid groups is 2. The molecular weight excluding hydrogens is 596 g/mol. The number of aromatic nitrogens is 2. The predicted octanol–water partition coefficient (Wildman–Crippen LogP) is -5.70. The number of hydrogen-bond acceptors (Lipinski definition) is 15. The maximum absolute atomic E-state index is 11.7. The summed E-state index contributed by atoms with van der Waals surface area (Å²) in [5, 5.41) is 59.2. The van der Waals surface area contributed by atoms with Crippen molar-refractivity contribution in [2.45, 2.75) is 62.1 Å². The Kier molecular flexibility index (Phi) is 11.9. The van der Waals surface area contributed by atoms with Crippen LogP contribution < -0.4 is 16.6 Å². The predicted molar refractivity (Wildman–Crippen MR) is 124 cm³/mol. The third-order valence-corrected chi connectivity index (χ3v) is 7.50. The summed E-state index contributed by atoms with van der Waals surface area (Å²) in [7, 11) is -10.5. The topological polar surface area (TPSA) is 337 Å². The molecule has 11 N–H and O–H groups in total. The van der Waals surface area contributed by atoms with E-state index in [0.717, 1.165) is 16.8 Å². The first kappa shape index (κ1) is 34.3. The van der Waals surface area contributed by atoms with Crippen LogP contribution in [0.25, 0.3) is 0 Å². The Morgan fingerprint density at radius 3 is 2.15 bits per heavy atom. The average Bonchev–Trinajstić information content (AvgIpc) is 3.10. The first-order valence-corrected chi connectivity index (χ1v) is 14.0. The number of nitrogens with zero attached hydrogens (tertiary/aromatic N) is 1. The molecule has 2 saturated heterocycles. The van der Waals surface area contributed by atoms with Crippen molar-refractivity contribution in [1.29, 1.82) is 0 Å². The van der Waals surface area contributed by atoms with E-state index < -0.39 is 101 Å². The van der Waals surface area contributed by atoms with E-state index in [4.69, 9.17) is 29.3 Å². The van der Waals surface area contributed by atoms with Gasteiger partial charge in [0.15, 0.2) is 12.5 Å². The van der Waals surface area contributed by atoms with Crippen LogP contribution >= 0.6 is 15.6 Å². The molecule has 2 aliphatic rings. The molecule has 1 aromatic heterocycles. The maximum Gasteiger partial charge on any atom is 0.481 e. The van der Waals surface area contributed by atoms with E-state index >= 15 is 0 Å². The molecule has 3 heterocycles. The summed E-state index contributed by atoms with van der Waals surface area (Å²) in [6.07, 6.45) is -10.5. The van der Waals surface area contributed by atoms with Gasteiger partial charge in [-0.2, -0.15) is 4.31 Å². The highest BCUT2D eigenvalue weighted by molar-refractivity contribution is 7.60. The lowest BCUT2D eigenvalue weighted by atomic mass is 9.97. The minimum Gasteiger partial charge on any atom is -0.394 e. The number of rotatable bonds is 8. The maximum atomic E-state index is 11.7. The van der Waals surface area contributed by atoms with Crippen LogP contribution in [-0.4, -0.2) is 123 Å². The first-order valence-electron chi connectivity index (χ1n) is 11.0. The Labute approximate surface area is 223 Å². The van der Waals surface area contributed by atoms with Crippen molar-refractivity contribution >= 4 is 21.6 Å². The van der Waals surface area contributed by atoms with Crippen molar-refractivity contribution in [3.05, 3.63) is 33.1 Å². The summed E-state index contributed by atoms with van der Waals surface area (Å²) >= 11 is 0. The number of aliphatic hydroxyl groups is 6. The minimum absolute atomic E-state index is 0.462. The highest BCUT2D eigenvalue weighted by Gasteiger charge is 2.46. The minimum atomic E-state index is -5.32. The van der Waals surface area contributed by atoms with Gasteiger partial charge in [0.1, 0.15) is 42.7 Å². The lowest BCUT2D eigenvalue weighted by Crippen LogP contribution is -2.63. The van der Waals surface area contributed by atoms with Crippen molar-refractivity contribution in [3.8, 4) is 0 Å². The van der Waals surface area contributed by atoms with Crippen molar-refractivity contribution in [2.75, 3.05) is 13.2 Å². The van der Waals surface area contributed by atoms with Gasteiger partial charge in [-0.3, -0.25) is 23.7 Å². The Morgan fingerprint density at radius 2 is 1.62 bits per heavy atom. The Morgan fingerprint density at radius 1 is 1.02 bits per heavy atom. The van der Waals surface area contributed by atoms with E-state index in [-0.39, 0.29) is 0 Å². The molecule has 0 saturated carbocycles. The number of hydrogen-bond donors (Lipinski definition) is 11. The van der Waals surface area contributed by atoms with Crippen LogP contribution in [0, 0.1) is 0 Å². The SMILES string of the molecule is CC(=O)N[C@H]1C(O)O[C@H](CO)[C@@H](O)[C@@H]1O.O=c1ccn([C@@H]2O[C@H](COP(=O)(O)OP(=O)(O)O)[C@@H](O)[C@H]2O)c(=O)[nH]1. The molecule has 0 aromatic carbocycles. The lowest BCUT2D eigenvalue weighted by Gasteiger charge is -2.40. The van der Waals surface area contributed by atoms with Gasteiger partial charge in [0.2, 0.25) is 5.91 Å². The van der Waals surface area contributed by atoms with E-state index in [1.54, 1.807) is 0 Å². The van der Waals surface area contributed by atoms with Crippen LogP contribution in [0.4, 0.5) is 0 Å². The molecule has 2 fully saturated rings. The summed E-state index contributed by atoms with van der Waals surface area (Å²) in [5.74, 6) is -0.462. The molecule has 3 rings (SSSR count). The highest BCUT2D eigenvalue weighted by atomic mass is 31.3. The molecular formula is C17H29N3O18P2. The van der Waals surface area contributed by atoms with Gasteiger partial charge in [0.05, 0.1) is 13.2 Å². The normalized spacial score (nSPS) is 33.9. The van der Waals surface area contributed by atoms with E-state index in [9.17, 15) is 49.0 Å². The van der Waals surface area contributed by atoms with Gasteiger partial charge in [-0.25, -0.2) is 13.9 Å². The summed E-state index contributed by atoms with van der Waals surface area (Å²) in [4.78, 5) is 61.4. The number of aliphatic hydroxyl groups excluding tert-OH is 6. The van der Waals surface area contributed by atoms with Gasteiger partial charge in [-0.05, 0) is 0 Å². The largest absolute Gasteiger partial charge is 0.481 e. The summed E-state index contributed by atoms with van der Waals surface area (Å²) < 4.78 is 40.5. The molecule has 10 atom stereocenters. The molecule has 0 radical (unpaired) electrons. The monoisotopic (exact) mass is 625 g/mol. The van der Waals surface area contributed by atoms with Crippen LogP contribution in [0.5, 0.6) is 0 Å². The average molecular weight is 625 g/mol. The number of carbonyl (C=O) groups is 1. The van der Waals surface area contributed by atoms with Gasteiger partial charge in [0.25, 0.3) is 5.56 Å². The molecule has 23 heteroatoms. The van der Waals surface area contributed by atoms with E-state index in [0.29, 0.717) is 0 Å². The number of nitrogens with one attached hydrogen (secondary N) is 2. The number of aromatic amines is 1. The smallest absolute Gasteiger partial charge is 0.394 e. The molecule has 0 bridgehead atoms. The second-order valence-electron chi connectivity index (χ2n) is 8.36. The molecule has 230 valence electrons. The molecule has 2 unspecified atom stereocenters. The zero-order valence-electron chi connectivity index (χ0n) is 20.3. The molecule has 1 aromatic rings. The van der Waals surface area contributed by atoms with Crippen molar-refractivity contribution in [3.63, 3.8) is 0 Å². The molecule has 1 amide bonds. The van der Waals surface area contributed by atoms with E-state index in [1.165, 1.54) is 6.92 Å². The molecule has 0 aliphatic carbocycles. The summed E-state index contributed by atoms with van der Waals surface area (Å²) in [6.45, 7) is -0.216. The molecule has 2 aliphatic heterocycles. The van der Waals surface area contributed by atoms with Crippen LogP contribution in [0.1, 0.15) is 13.2 Å². The van der Waals surface area contributed by atoms with Gasteiger partial charge in [0, 0.05) is 19.2 Å². The van der Waals surface area contributed by atoms with Crippen molar-refractivity contribution < 1.29 is 77.6 Å². The Bertz CT molecular complexity index is 1220. The second-order valence-corrected chi connectivity index (χ2v) is 11.2. The Hall–Kier alpha value is -1.91. The van der Waals surface area contributed by atoms with Crippen LogP contribution in [0.3, 0.4) is 0 Å². The number of ether oxygens (including phenoxy) is 2. The van der Waals surface area contributed by atoms with Gasteiger partial charge in [-0.15, -0.1) is 0 Å². The van der Waals surface area contributed by atoms with Gasteiger partial charge < -0.3 is 60.1 Å². The van der Waals surface area contributed by atoms with Crippen LogP contribution in [0.15, 0.2) is 21.9 Å². The molecule has 40 heavy (non-hydrogen) atoms. The van der Waals surface area contributed by atoms with Crippen LogP contribution in [0.2, 0.25) is 0 Å². The third kappa shape index (κ3) is 9.31. The first-order chi connectivity index (χ1) is 18.4. The number of H-pyrrole nitrogens is 1. The fraction of sp³-hybridized carbons (Fsp3) is 0.706. The van der Waals surface area contributed by atoms with Gasteiger partial charge in [-0.1, -0.05) is 0 Å². The lowest BCUT2D eigenvalue weighted by molar-refractivity contribution is -0.253. The van der Waals surface area contributed by atoms with Gasteiger partial charge >= 0.3 is 21.3 Å². The van der Waals surface area contributed by atoms with Crippen molar-refractivity contribution in [2.24, 2.45) is 0 Å². The number of amides is 1.